The fraction of sp³-hybridized carbons (Fsp3) is 0.0667. The highest BCUT2D eigenvalue weighted by Crippen LogP contribution is 2.51. The number of nitriles is 1. The second-order valence-electron chi connectivity index (χ2n) is 5.26. The lowest BCUT2D eigenvalue weighted by Crippen LogP contribution is -2.47. The lowest BCUT2D eigenvalue weighted by Gasteiger charge is -2.31. The fourth-order valence-electron chi connectivity index (χ4n) is 3.20. The number of rotatable bonds is 0. The second kappa shape index (κ2) is 4.36. The molecule has 4 rings (SSSR count). The summed E-state index contributed by atoms with van der Waals surface area (Å²) in [6, 6.07) is 8.19. The Hall–Kier alpha value is -3.80. The van der Waals surface area contributed by atoms with Crippen LogP contribution in [-0.2, 0) is 10.2 Å². The number of nitrogens with one attached hydrogen (secondary N) is 3. The van der Waals surface area contributed by atoms with Gasteiger partial charge in [-0.2, -0.15) is 5.26 Å². The van der Waals surface area contributed by atoms with Gasteiger partial charge in [0, 0.05) is 11.3 Å². The quantitative estimate of drug-likeness (QED) is 0.535. The predicted molar refractivity (Wildman–Crippen MR) is 79.4 cm³/mol. The van der Waals surface area contributed by atoms with Crippen LogP contribution in [0.25, 0.3) is 0 Å². The fourth-order valence-corrected chi connectivity index (χ4v) is 3.20. The number of para-hydroxylation sites is 1. The molecule has 2 aliphatic heterocycles. The van der Waals surface area contributed by atoms with E-state index in [-0.39, 0.29) is 11.4 Å². The molecule has 0 fully saturated rings. The molecule has 1 aromatic heterocycles. The van der Waals surface area contributed by atoms with E-state index in [0.717, 1.165) is 0 Å². The number of hydrogen-bond donors (Lipinski definition) is 4. The average molecular weight is 324 g/mol. The number of fused-ring (bicyclic) bond motifs is 4. The van der Waals surface area contributed by atoms with Gasteiger partial charge < -0.3 is 15.2 Å². The average Bonchev–Trinajstić information content (AvgIpc) is 2.80. The first-order valence-corrected chi connectivity index (χ1v) is 6.80. The molecule has 0 saturated heterocycles. The van der Waals surface area contributed by atoms with Gasteiger partial charge in [0.15, 0.2) is 5.41 Å². The number of anilines is 1. The molecule has 1 amide bonds. The van der Waals surface area contributed by atoms with E-state index in [4.69, 9.17) is 4.74 Å². The molecule has 4 N–H and O–H groups in total. The lowest BCUT2D eigenvalue weighted by atomic mass is 9.70. The number of carbonyl (C=O) groups is 1. The smallest absolute Gasteiger partial charge is 0.328 e. The van der Waals surface area contributed by atoms with E-state index < -0.39 is 34.1 Å². The van der Waals surface area contributed by atoms with Crippen LogP contribution >= 0.6 is 0 Å². The van der Waals surface area contributed by atoms with Gasteiger partial charge in [-0.25, -0.2) is 4.79 Å². The van der Waals surface area contributed by atoms with Crippen LogP contribution in [0.2, 0.25) is 0 Å². The van der Waals surface area contributed by atoms with E-state index >= 15 is 0 Å². The number of aromatic amines is 2. The lowest BCUT2D eigenvalue weighted by molar-refractivity contribution is -0.118. The van der Waals surface area contributed by atoms with Gasteiger partial charge in [-0.15, -0.1) is 0 Å². The largest absolute Gasteiger partial charge is 0.480 e. The molecule has 24 heavy (non-hydrogen) atoms. The van der Waals surface area contributed by atoms with Crippen LogP contribution < -0.4 is 21.3 Å². The van der Waals surface area contributed by atoms with E-state index in [9.17, 15) is 24.8 Å². The maximum absolute atomic E-state index is 12.8. The second-order valence-corrected chi connectivity index (χ2v) is 5.26. The summed E-state index contributed by atoms with van der Waals surface area (Å²) in [6.45, 7) is 0. The molecular formula is C15H8N4O5. The summed E-state index contributed by atoms with van der Waals surface area (Å²) < 4.78 is 5.00. The molecule has 9 heteroatoms. The molecule has 0 bridgehead atoms. The number of hydrogen-bond acceptors (Lipinski definition) is 6. The SMILES string of the molecule is N#CC1=C(O)Oc2[nH]c(=O)[nH]c(=O)c2[C@@]12C(=O)Nc1ccccc12. The normalized spacial score (nSPS) is 20.9. The summed E-state index contributed by atoms with van der Waals surface area (Å²) in [4.78, 5) is 41.0. The molecule has 0 aliphatic carbocycles. The number of amides is 1. The molecule has 2 aromatic rings. The van der Waals surface area contributed by atoms with Gasteiger partial charge in [-0.3, -0.25) is 19.6 Å². The van der Waals surface area contributed by atoms with Crippen molar-refractivity contribution in [2.24, 2.45) is 0 Å². The molecule has 9 nitrogen and oxygen atoms in total. The molecular weight excluding hydrogens is 316 g/mol. The van der Waals surface area contributed by atoms with E-state index in [1.165, 1.54) is 0 Å². The number of aliphatic hydroxyl groups excluding tert-OH is 1. The van der Waals surface area contributed by atoms with Gasteiger partial charge in [0.05, 0.1) is 0 Å². The molecule has 0 unspecified atom stereocenters. The number of aromatic nitrogens is 2. The number of nitrogens with zero attached hydrogens (tertiary/aromatic N) is 1. The minimum Gasteiger partial charge on any atom is -0.480 e. The maximum Gasteiger partial charge on any atom is 0.328 e. The van der Waals surface area contributed by atoms with Crippen molar-refractivity contribution in [3.8, 4) is 11.9 Å². The van der Waals surface area contributed by atoms with Crippen LogP contribution in [0, 0.1) is 11.3 Å². The first-order valence-electron chi connectivity index (χ1n) is 6.80. The van der Waals surface area contributed by atoms with Gasteiger partial charge >= 0.3 is 5.69 Å². The highest BCUT2D eigenvalue weighted by atomic mass is 16.6. The number of ether oxygens (including phenoxy) is 1. The third kappa shape index (κ3) is 1.44. The van der Waals surface area contributed by atoms with Crippen LogP contribution in [-0.4, -0.2) is 21.0 Å². The molecule has 2 aliphatic rings. The van der Waals surface area contributed by atoms with Crippen molar-refractivity contribution >= 4 is 11.6 Å². The number of aliphatic hydroxyl groups is 1. The predicted octanol–water partition coefficient (Wildman–Crippen LogP) is -0.0130. The first kappa shape index (κ1) is 13.8. The monoisotopic (exact) mass is 324 g/mol. The van der Waals surface area contributed by atoms with Crippen molar-refractivity contribution < 1.29 is 14.6 Å². The summed E-state index contributed by atoms with van der Waals surface area (Å²) in [5, 5.41) is 22.2. The number of carbonyl (C=O) groups excluding carboxylic acids is 1. The Labute approximate surface area is 132 Å². The molecule has 0 saturated carbocycles. The summed E-state index contributed by atoms with van der Waals surface area (Å²) in [7, 11) is 0. The van der Waals surface area contributed by atoms with Crippen LogP contribution in [0.4, 0.5) is 5.69 Å². The Bertz CT molecular complexity index is 1100. The Morgan fingerprint density at radius 3 is 2.67 bits per heavy atom. The van der Waals surface area contributed by atoms with Crippen LogP contribution in [0.3, 0.4) is 0 Å². The zero-order valence-electron chi connectivity index (χ0n) is 11.8. The Morgan fingerprint density at radius 2 is 1.92 bits per heavy atom. The molecule has 1 atom stereocenters. The van der Waals surface area contributed by atoms with Crippen molar-refractivity contribution in [1.82, 2.24) is 9.97 Å². The van der Waals surface area contributed by atoms with Gasteiger partial charge in [0.25, 0.3) is 11.5 Å². The molecule has 118 valence electrons. The third-order valence-electron chi connectivity index (χ3n) is 4.10. The zero-order chi connectivity index (χ0) is 17.1. The van der Waals surface area contributed by atoms with Gasteiger partial charge in [-0.1, -0.05) is 18.2 Å². The summed E-state index contributed by atoms with van der Waals surface area (Å²) >= 11 is 0. The summed E-state index contributed by atoms with van der Waals surface area (Å²) in [6.07, 6.45) is 0. The van der Waals surface area contributed by atoms with Crippen molar-refractivity contribution in [2.45, 2.75) is 5.41 Å². The minimum atomic E-state index is -1.90. The maximum atomic E-state index is 12.8. The van der Waals surface area contributed by atoms with Gasteiger partial charge in [0.1, 0.15) is 17.2 Å². The minimum absolute atomic E-state index is 0.265. The summed E-state index contributed by atoms with van der Waals surface area (Å²) in [5.74, 6) is -1.93. The Balaban J connectivity index is 2.24. The third-order valence-corrected chi connectivity index (χ3v) is 4.10. The number of benzene rings is 1. The van der Waals surface area contributed by atoms with E-state index in [1.807, 2.05) is 4.98 Å². The Morgan fingerprint density at radius 1 is 1.17 bits per heavy atom. The molecule has 1 spiro atoms. The molecule has 3 heterocycles. The van der Waals surface area contributed by atoms with Gasteiger partial charge in [-0.05, 0) is 6.07 Å². The van der Waals surface area contributed by atoms with E-state index in [2.05, 4.69) is 10.3 Å². The Kier molecular flexibility index (Phi) is 2.51. The highest BCUT2D eigenvalue weighted by Gasteiger charge is 2.58. The first-order chi connectivity index (χ1) is 11.5. The topological polar surface area (TPSA) is 148 Å². The highest BCUT2D eigenvalue weighted by molar-refractivity contribution is 6.12. The summed E-state index contributed by atoms with van der Waals surface area (Å²) in [5.41, 5.74) is -3.66. The zero-order valence-corrected chi connectivity index (χ0v) is 11.8. The van der Waals surface area contributed by atoms with Crippen molar-refractivity contribution in [2.75, 3.05) is 5.32 Å². The van der Waals surface area contributed by atoms with Crippen molar-refractivity contribution in [3.05, 3.63) is 67.7 Å². The van der Waals surface area contributed by atoms with E-state index in [0.29, 0.717) is 11.3 Å². The number of H-pyrrole nitrogens is 2. The van der Waals surface area contributed by atoms with Crippen LogP contribution in [0.5, 0.6) is 5.88 Å². The molecule has 1 aromatic carbocycles. The molecule has 0 radical (unpaired) electrons. The van der Waals surface area contributed by atoms with Crippen LogP contribution in [0.1, 0.15) is 11.1 Å². The van der Waals surface area contributed by atoms with Crippen LogP contribution in [0.15, 0.2) is 45.4 Å². The standard InChI is InChI=1S/C15H8N4O5/c16-5-7-12(21)24-11-9(10(20)18-14(23)19-11)15(7)6-3-1-2-4-8(6)17-13(15)22/h1-4,21H,(H,17,22)(H2,18,19,20,23)/t15-/m0/s1. The van der Waals surface area contributed by atoms with Gasteiger partial charge in [0.2, 0.25) is 11.8 Å². The van der Waals surface area contributed by atoms with E-state index in [1.54, 1.807) is 30.3 Å². The van der Waals surface area contributed by atoms with Crippen molar-refractivity contribution in [3.63, 3.8) is 0 Å². The van der Waals surface area contributed by atoms with Crippen molar-refractivity contribution in [1.29, 1.82) is 5.26 Å².